The molecule has 1 fully saturated rings. The number of anilines is 3. The number of likely N-dealkylation sites (tertiary alicyclic amines) is 1. The van der Waals surface area contributed by atoms with Gasteiger partial charge < -0.3 is 25.4 Å². The number of carbonyl (C=O) groups is 1. The lowest BCUT2D eigenvalue weighted by Crippen LogP contribution is -2.42. The second kappa shape index (κ2) is 10.2. The number of H-pyrrole nitrogens is 1. The van der Waals surface area contributed by atoms with E-state index in [1.807, 2.05) is 45.0 Å². The van der Waals surface area contributed by atoms with Gasteiger partial charge in [0.2, 0.25) is 11.9 Å². The number of aromatic nitrogens is 3. The predicted octanol–water partition coefficient (Wildman–Crippen LogP) is 5.88. The van der Waals surface area contributed by atoms with E-state index in [9.17, 15) is 4.79 Å². The Morgan fingerprint density at radius 2 is 1.91 bits per heavy atom. The third-order valence-electron chi connectivity index (χ3n) is 5.39. The zero-order chi connectivity index (χ0) is 25.2. The van der Waals surface area contributed by atoms with Crippen LogP contribution in [0.2, 0.25) is 10.0 Å². The molecule has 0 bridgehead atoms. The summed E-state index contributed by atoms with van der Waals surface area (Å²) in [5, 5.41) is 10.4. The third-order valence-corrected chi connectivity index (χ3v) is 5.99. The summed E-state index contributed by atoms with van der Waals surface area (Å²) in [6, 6.07) is 11.0. The van der Waals surface area contributed by atoms with E-state index >= 15 is 0 Å². The first-order chi connectivity index (χ1) is 16.6. The van der Waals surface area contributed by atoms with Crippen molar-refractivity contribution < 1.29 is 14.3 Å². The Kier molecular flexibility index (Phi) is 7.28. The Labute approximate surface area is 213 Å². The van der Waals surface area contributed by atoms with E-state index in [-0.39, 0.29) is 18.1 Å². The average Bonchev–Trinajstić information content (AvgIpc) is 3.40. The van der Waals surface area contributed by atoms with Crippen LogP contribution in [0.5, 0.6) is 5.75 Å². The van der Waals surface area contributed by atoms with Crippen LogP contribution in [0.25, 0.3) is 11.1 Å². The molecule has 0 aliphatic carbocycles. The van der Waals surface area contributed by atoms with Crippen LogP contribution in [-0.2, 0) is 4.74 Å². The summed E-state index contributed by atoms with van der Waals surface area (Å²) in [5.74, 6) is 1.21. The molecule has 1 unspecified atom stereocenters. The minimum atomic E-state index is -0.526. The number of benzene rings is 2. The van der Waals surface area contributed by atoms with Crippen molar-refractivity contribution in [3.05, 3.63) is 46.4 Å². The minimum Gasteiger partial charge on any atom is -0.491 e. The number of carbonyl (C=O) groups excluding carboxylic acids is 1. The first-order valence-electron chi connectivity index (χ1n) is 11.3. The molecule has 1 aliphatic rings. The van der Waals surface area contributed by atoms with Crippen LogP contribution in [-0.4, -0.2) is 51.0 Å². The van der Waals surface area contributed by atoms with Crippen LogP contribution >= 0.6 is 23.2 Å². The van der Waals surface area contributed by atoms with E-state index in [0.29, 0.717) is 46.1 Å². The maximum absolute atomic E-state index is 12.5. The van der Waals surface area contributed by atoms with Crippen molar-refractivity contribution in [1.82, 2.24) is 20.1 Å². The molecule has 4 N–H and O–H groups in total. The molecule has 1 amide bonds. The van der Waals surface area contributed by atoms with Gasteiger partial charge in [-0.25, -0.2) is 9.89 Å². The number of hydrogen-bond donors (Lipinski definition) is 3. The summed E-state index contributed by atoms with van der Waals surface area (Å²) >= 11 is 13.1. The highest BCUT2D eigenvalue weighted by atomic mass is 35.5. The molecule has 35 heavy (non-hydrogen) atoms. The molecule has 0 saturated carbocycles. The topological polar surface area (TPSA) is 118 Å². The zero-order valence-corrected chi connectivity index (χ0v) is 21.3. The highest BCUT2D eigenvalue weighted by molar-refractivity contribution is 6.39. The number of rotatable bonds is 6. The number of nitrogen functional groups attached to an aromatic ring is 1. The number of aromatic amines is 1. The second-order valence-electron chi connectivity index (χ2n) is 9.29. The lowest BCUT2D eigenvalue weighted by molar-refractivity contribution is 0.0187. The van der Waals surface area contributed by atoms with Crippen molar-refractivity contribution in [3.8, 4) is 16.9 Å². The number of amides is 1. The summed E-state index contributed by atoms with van der Waals surface area (Å²) in [5.41, 5.74) is 7.20. The Morgan fingerprint density at radius 3 is 2.51 bits per heavy atom. The molecule has 1 aromatic heterocycles. The molecule has 1 atom stereocenters. The van der Waals surface area contributed by atoms with Gasteiger partial charge in [0.15, 0.2) is 0 Å². The molecule has 9 nitrogen and oxygen atoms in total. The summed E-state index contributed by atoms with van der Waals surface area (Å²) in [7, 11) is 0. The molecule has 11 heteroatoms. The van der Waals surface area contributed by atoms with Crippen molar-refractivity contribution in [1.29, 1.82) is 0 Å². The molecule has 2 aromatic carbocycles. The summed E-state index contributed by atoms with van der Waals surface area (Å²) in [4.78, 5) is 18.2. The van der Waals surface area contributed by atoms with Crippen molar-refractivity contribution in [2.24, 2.45) is 0 Å². The highest BCUT2D eigenvalue weighted by Gasteiger charge is 2.32. The fourth-order valence-electron chi connectivity index (χ4n) is 3.86. The van der Waals surface area contributed by atoms with Crippen LogP contribution in [0.1, 0.15) is 33.6 Å². The summed E-state index contributed by atoms with van der Waals surface area (Å²) in [6.07, 6.45) is 1.51. The first kappa shape index (κ1) is 24.9. The lowest BCUT2D eigenvalue weighted by Gasteiger charge is -2.28. The minimum absolute atomic E-state index is 0.0205. The Morgan fingerprint density at radius 1 is 1.23 bits per heavy atom. The molecule has 186 valence electrons. The molecule has 1 saturated heterocycles. The fraction of sp³-hybridized carbons (Fsp3) is 0.375. The molecule has 0 radical (unpaired) electrons. The van der Waals surface area contributed by atoms with Crippen molar-refractivity contribution in [2.45, 2.75) is 45.3 Å². The van der Waals surface area contributed by atoms with Gasteiger partial charge in [-0.3, -0.25) is 0 Å². The van der Waals surface area contributed by atoms with Crippen molar-refractivity contribution >= 4 is 46.9 Å². The molecular formula is C24H28Cl2N6O3. The zero-order valence-electron chi connectivity index (χ0n) is 19.8. The number of nitrogens with zero attached hydrogens (tertiary/aromatic N) is 3. The number of ether oxygens (including phenoxy) is 2. The first-order valence-corrected chi connectivity index (χ1v) is 12.0. The van der Waals surface area contributed by atoms with E-state index < -0.39 is 5.60 Å². The van der Waals surface area contributed by atoms with E-state index in [4.69, 9.17) is 38.4 Å². The van der Waals surface area contributed by atoms with E-state index in [0.717, 1.165) is 18.4 Å². The fourth-order valence-corrected chi connectivity index (χ4v) is 4.57. The van der Waals surface area contributed by atoms with Crippen LogP contribution in [0.4, 0.5) is 22.4 Å². The standard InChI is InChI=1S/C24H28Cl2N6O3/c1-24(2,3)35-23(33)32-10-4-5-16(32)13-34-17-8-6-14(7-9-17)20-18(25)11-15(12-19(20)26)28-22-29-21(27)30-31-22/h6-9,11-12,16H,4-5,10,13H2,1-3H3,(H4,27,28,29,30,31). The van der Waals surface area contributed by atoms with Gasteiger partial charge in [0.25, 0.3) is 0 Å². The smallest absolute Gasteiger partial charge is 0.410 e. The largest absolute Gasteiger partial charge is 0.491 e. The van der Waals surface area contributed by atoms with Gasteiger partial charge in [-0.15, -0.1) is 5.10 Å². The molecule has 0 spiro atoms. The maximum Gasteiger partial charge on any atom is 0.410 e. The van der Waals surface area contributed by atoms with E-state index in [1.165, 1.54) is 0 Å². The lowest BCUT2D eigenvalue weighted by atomic mass is 10.0. The van der Waals surface area contributed by atoms with Crippen molar-refractivity contribution in [3.63, 3.8) is 0 Å². The average molecular weight is 519 g/mol. The number of halogens is 2. The number of hydrogen-bond acceptors (Lipinski definition) is 7. The van der Waals surface area contributed by atoms with Crippen LogP contribution in [0.3, 0.4) is 0 Å². The molecule has 3 aromatic rings. The molecular weight excluding hydrogens is 491 g/mol. The van der Waals surface area contributed by atoms with Crippen LogP contribution < -0.4 is 15.8 Å². The normalized spacial score (nSPS) is 15.8. The number of nitrogens with one attached hydrogen (secondary N) is 2. The van der Waals surface area contributed by atoms with Gasteiger partial charge in [0.1, 0.15) is 18.0 Å². The molecule has 2 heterocycles. The van der Waals surface area contributed by atoms with E-state index in [1.54, 1.807) is 17.0 Å². The van der Waals surface area contributed by atoms with Crippen LogP contribution in [0, 0.1) is 0 Å². The summed E-state index contributed by atoms with van der Waals surface area (Å²) < 4.78 is 11.5. The van der Waals surface area contributed by atoms with E-state index in [2.05, 4.69) is 20.5 Å². The van der Waals surface area contributed by atoms with Crippen LogP contribution in [0.15, 0.2) is 36.4 Å². The van der Waals surface area contributed by atoms with Gasteiger partial charge in [-0.1, -0.05) is 35.3 Å². The Balaban J connectivity index is 1.40. The van der Waals surface area contributed by atoms with Gasteiger partial charge in [-0.2, -0.15) is 4.98 Å². The maximum atomic E-state index is 12.5. The Hall–Kier alpha value is -3.17. The number of nitrogens with two attached hydrogens (primary N) is 1. The van der Waals surface area contributed by atoms with Gasteiger partial charge in [0.05, 0.1) is 16.1 Å². The van der Waals surface area contributed by atoms with Gasteiger partial charge in [0, 0.05) is 17.8 Å². The third kappa shape index (κ3) is 6.29. The van der Waals surface area contributed by atoms with Gasteiger partial charge in [-0.05, 0) is 63.4 Å². The Bertz CT molecular complexity index is 1170. The molecule has 1 aliphatic heterocycles. The van der Waals surface area contributed by atoms with Gasteiger partial charge >= 0.3 is 6.09 Å². The quantitative estimate of drug-likeness (QED) is 0.372. The SMILES string of the molecule is CC(C)(C)OC(=O)N1CCCC1COc1ccc(-c2c(Cl)cc(Nc3n[nH]c(N)n3)cc2Cl)cc1. The second-order valence-corrected chi connectivity index (χ2v) is 10.1. The highest BCUT2D eigenvalue weighted by Crippen LogP contribution is 2.38. The molecule has 4 rings (SSSR count). The summed E-state index contributed by atoms with van der Waals surface area (Å²) in [6.45, 7) is 6.66. The predicted molar refractivity (Wildman–Crippen MR) is 137 cm³/mol. The monoisotopic (exact) mass is 518 g/mol. The van der Waals surface area contributed by atoms with Crippen molar-refractivity contribution in [2.75, 3.05) is 24.2 Å².